The number of amides is 1. The number of thiazole rings is 1. The van der Waals surface area contributed by atoms with Crippen molar-refractivity contribution < 1.29 is 17.9 Å². The summed E-state index contributed by atoms with van der Waals surface area (Å²) in [5.74, 6) is 0.0835. The summed E-state index contributed by atoms with van der Waals surface area (Å²) in [5.41, 5.74) is 0.721. The second kappa shape index (κ2) is 11.0. The number of sulfonamides is 1. The fraction of sp³-hybridized carbons (Fsp3) is 0.346. The normalized spacial score (nSPS) is 16.6. The molecule has 1 atom stereocenters. The van der Waals surface area contributed by atoms with Crippen LogP contribution in [0.5, 0.6) is 5.75 Å². The van der Waals surface area contributed by atoms with E-state index in [4.69, 9.17) is 9.72 Å². The zero-order valence-electron chi connectivity index (χ0n) is 20.6. The smallest absolute Gasteiger partial charge is 0.243 e. The Labute approximate surface area is 220 Å². The lowest BCUT2D eigenvalue weighted by atomic mass is 9.98. The SMILES string of the molecule is CCOc1cccc2sc(N(CCn3cccn3)C(=O)C3CCCN(S(=O)(=O)c4ccccc4)C3)nc12. The van der Waals surface area contributed by atoms with Crippen LogP contribution in [0.1, 0.15) is 19.8 Å². The molecule has 2 aromatic carbocycles. The first-order valence-electron chi connectivity index (χ1n) is 12.3. The van der Waals surface area contributed by atoms with E-state index in [1.807, 2.05) is 37.4 Å². The highest BCUT2D eigenvalue weighted by molar-refractivity contribution is 7.89. The summed E-state index contributed by atoms with van der Waals surface area (Å²) in [7, 11) is -3.68. The van der Waals surface area contributed by atoms with E-state index in [0.717, 1.165) is 10.2 Å². The Hall–Kier alpha value is -3.28. The Morgan fingerprint density at radius 1 is 1.16 bits per heavy atom. The lowest BCUT2D eigenvalue weighted by Crippen LogP contribution is -2.47. The molecule has 0 radical (unpaired) electrons. The van der Waals surface area contributed by atoms with Gasteiger partial charge in [-0.25, -0.2) is 13.4 Å². The zero-order valence-corrected chi connectivity index (χ0v) is 22.2. The van der Waals surface area contributed by atoms with Crippen LogP contribution in [-0.2, 0) is 21.4 Å². The molecular formula is C26H29N5O4S2. The van der Waals surface area contributed by atoms with Gasteiger partial charge in [-0.3, -0.25) is 14.4 Å². The highest BCUT2D eigenvalue weighted by Crippen LogP contribution is 2.35. The molecule has 2 aromatic heterocycles. The van der Waals surface area contributed by atoms with Gasteiger partial charge in [-0.15, -0.1) is 0 Å². The van der Waals surface area contributed by atoms with Gasteiger partial charge >= 0.3 is 0 Å². The van der Waals surface area contributed by atoms with Gasteiger partial charge in [0.15, 0.2) is 5.13 Å². The van der Waals surface area contributed by atoms with Crippen LogP contribution in [0, 0.1) is 5.92 Å². The van der Waals surface area contributed by atoms with E-state index in [9.17, 15) is 13.2 Å². The number of anilines is 1. The van der Waals surface area contributed by atoms with Gasteiger partial charge < -0.3 is 4.74 Å². The maximum absolute atomic E-state index is 14.0. The number of nitrogens with zero attached hydrogens (tertiary/aromatic N) is 5. The first-order chi connectivity index (χ1) is 18.0. The summed E-state index contributed by atoms with van der Waals surface area (Å²) in [6.45, 7) is 3.83. The summed E-state index contributed by atoms with van der Waals surface area (Å²) in [6.07, 6.45) is 4.78. The largest absolute Gasteiger partial charge is 0.492 e. The highest BCUT2D eigenvalue weighted by Gasteiger charge is 2.36. The van der Waals surface area contributed by atoms with Crippen LogP contribution in [0.3, 0.4) is 0 Å². The summed E-state index contributed by atoms with van der Waals surface area (Å²) >= 11 is 1.43. The van der Waals surface area contributed by atoms with Crippen molar-refractivity contribution in [2.45, 2.75) is 31.2 Å². The number of hydrogen-bond acceptors (Lipinski definition) is 7. The van der Waals surface area contributed by atoms with Crippen LogP contribution in [0.2, 0.25) is 0 Å². The van der Waals surface area contributed by atoms with Crippen LogP contribution in [0.15, 0.2) is 71.9 Å². The lowest BCUT2D eigenvalue weighted by molar-refractivity contribution is -0.123. The Bertz CT molecular complexity index is 1450. The standard InChI is InChI=1S/C26H29N5O4S2/c1-2-35-22-12-6-13-23-24(22)28-26(36-23)31(18-17-29-15-8-14-27-29)25(32)20-9-7-16-30(19-20)37(33,34)21-10-4-3-5-11-21/h3-6,8,10-15,20H,2,7,9,16-19H2,1H3. The van der Waals surface area contributed by atoms with Gasteiger partial charge in [0.25, 0.3) is 0 Å². The van der Waals surface area contributed by atoms with Crippen LogP contribution in [0.25, 0.3) is 10.2 Å². The van der Waals surface area contributed by atoms with Crippen molar-refractivity contribution in [3.8, 4) is 5.75 Å². The Morgan fingerprint density at radius 3 is 2.76 bits per heavy atom. The summed E-state index contributed by atoms with van der Waals surface area (Å²) in [4.78, 5) is 20.7. The molecule has 5 rings (SSSR count). The summed E-state index contributed by atoms with van der Waals surface area (Å²) < 4.78 is 36.4. The van der Waals surface area contributed by atoms with Gasteiger partial charge in [0.1, 0.15) is 11.3 Å². The van der Waals surface area contributed by atoms with E-state index in [1.54, 1.807) is 46.1 Å². The maximum Gasteiger partial charge on any atom is 0.243 e. The van der Waals surface area contributed by atoms with Crippen molar-refractivity contribution >= 4 is 42.6 Å². The molecule has 1 amide bonds. The second-order valence-corrected chi connectivity index (χ2v) is 11.8. The van der Waals surface area contributed by atoms with E-state index in [2.05, 4.69) is 5.10 Å². The number of piperidine rings is 1. The van der Waals surface area contributed by atoms with E-state index >= 15 is 0 Å². The molecule has 0 N–H and O–H groups in total. The summed E-state index contributed by atoms with van der Waals surface area (Å²) in [5, 5.41) is 4.84. The van der Waals surface area contributed by atoms with Crippen molar-refractivity contribution in [2.75, 3.05) is 31.1 Å². The van der Waals surface area contributed by atoms with Gasteiger partial charge in [-0.05, 0) is 50.1 Å². The molecule has 11 heteroatoms. The van der Waals surface area contributed by atoms with E-state index < -0.39 is 15.9 Å². The number of aromatic nitrogens is 3. The first kappa shape index (κ1) is 25.4. The van der Waals surface area contributed by atoms with Crippen LogP contribution in [-0.4, -0.2) is 59.6 Å². The van der Waals surface area contributed by atoms with Crippen molar-refractivity contribution in [1.82, 2.24) is 19.1 Å². The van der Waals surface area contributed by atoms with Gasteiger partial charge in [0, 0.05) is 32.0 Å². The topological polar surface area (TPSA) is 97.6 Å². The Kier molecular flexibility index (Phi) is 7.54. The minimum atomic E-state index is -3.68. The second-order valence-electron chi connectivity index (χ2n) is 8.81. The zero-order chi connectivity index (χ0) is 25.8. The van der Waals surface area contributed by atoms with Crippen molar-refractivity contribution in [3.05, 3.63) is 67.0 Å². The fourth-order valence-electron chi connectivity index (χ4n) is 4.56. The molecule has 9 nitrogen and oxygen atoms in total. The average molecular weight is 540 g/mol. The van der Waals surface area contributed by atoms with Crippen molar-refractivity contribution in [3.63, 3.8) is 0 Å². The number of ether oxygens (including phenoxy) is 1. The third-order valence-corrected chi connectivity index (χ3v) is 9.32. The van der Waals surface area contributed by atoms with Crippen molar-refractivity contribution in [1.29, 1.82) is 0 Å². The molecular weight excluding hydrogens is 510 g/mol. The maximum atomic E-state index is 14.0. The predicted octanol–water partition coefficient (Wildman–Crippen LogP) is 4.03. The van der Waals surface area contributed by atoms with Crippen LogP contribution in [0.4, 0.5) is 5.13 Å². The number of fused-ring (bicyclic) bond motifs is 1. The molecule has 37 heavy (non-hydrogen) atoms. The Balaban J connectivity index is 1.43. The first-order valence-corrected chi connectivity index (χ1v) is 14.6. The molecule has 0 spiro atoms. The quantitative estimate of drug-likeness (QED) is 0.319. The van der Waals surface area contributed by atoms with E-state index in [0.29, 0.717) is 50.0 Å². The third kappa shape index (κ3) is 5.39. The third-order valence-electron chi connectivity index (χ3n) is 6.39. The molecule has 0 bridgehead atoms. The molecule has 0 aliphatic carbocycles. The number of benzene rings is 2. The molecule has 1 fully saturated rings. The van der Waals surface area contributed by atoms with Gasteiger partial charge in [0.05, 0.1) is 28.7 Å². The molecule has 1 aliphatic heterocycles. The molecule has 4 aromatic rings. The van der Waals surface area contributed by atoms with Crippen molar-refractivity contribution in [2.24, 2.45) is 5.92 Å². The molecule has 1 aliphatic rings. The van der Waals surface area contributed by atoms with Crippen LogP contribution >= 0.6 is 11.3 Å². The van der Waals surface area contributed by atoms with E-state index in [-0.39, 0.29) is 17.3 Å². The Morgan fingerprint density at radius 2 is 2.00 bits per heavy atom. The minimum Gasteiger partial charge on any atom is -0.492 e. The number of carbonyl (C=O) groups is 1. The van der Waals surface area contributed by atoms with E-state index in [1.165, 1.54) is 15.6 Å². The lowest BCUT2D eigenvalue weighted by Gasteiger charge is -2.33. The van der Waals surface area contributed by atoms with Crippen LogP contribution < -0.4 is 9.64 Å². The van der Waals surface area contributed by atoms with Gasteiger partial charge in [-0.2, -0.15) is 9.40 Å². The molecule has 3 heterocycles. The minimum absolute atomic E-state index is 0.128. The monoisotopic (exact) mass is 539 g/mol. The number of hydrogen-bond donors (Lipinski definition) is 0. The molecule has 0 saturated carbocycles. The average Bonchev–Trinajstić information content (AvgIpc) is 3.60. The summed E-state index contributed by atoms with van der Waals surface area (Å²) in [6, 6.07) is 16.0. The number of rotatable bonds is 9. The number of carbonyl (C=O) groups excluding carboxylic acids is 1. The predicted molar refractivity (Wildman–Crippen MR) is 143 cm³/mol. The van der Waals surface area contributed by atoms with Gasteiger partial charge in [0.2, 0.25) is 15.9 Å². The number of para-hydroxylation sites is 1. The molecule has 1 unspecified atom stereocenters. The molecule has 1 saturated heterocycles. The fourth-order valence-corrected chi connectivity index (χ4v) is 7.12. The van der Waals surface area contributed by atoms with Gasteiger partial charge in [-0.1, -0.05) is 35.6 Å². The highest BCUT2D eigenvalue weighted by atomic mass is 32.2. The molecule has 194 valence electrons.